The van der Waals surface area contributed by atoms with Crippen LogP contribution in [0.25, 0.3) is 5.65 Å². The van der Waals surface area contributed by atoms with Gasteiger partial charge in [-0.1, -0.05) is 30.7 Å². The van der Waals surface area contributed by atoms with Crippen molar-refractivity contribution in [1.29, 1.82) is 0 Å². The number of halogens is 2. The summed E-state index contributed by atoms with van der Waals surface area (Å²) in [5, 5.41) is 10.5. The molecule has 0 aliphatic carbocycles. The number of aliphatic hydroxyl groups excluding tert-OH is 1. The molecular formula is C20H23ClFN3O. The van der Waals surface area contributed by atoms with Crippen LogP contribution in [0, 0.1) is 12.7 Å². The zero-order valence-electron chi connectivity index (χ0n) is 15.0. The third-order valence-corrected chi connectivity index (χ3v) is 4.96. The summed E-state index contributed by atoms with van der Waals surface area (Å²) in [5.74, 6) is -0.248. The maximum absolute atomic E-state index is 13.2. The summed E-state index contributed by atoms with van der Waals surface area (Å²) < 4.78 is 15.2. The summed E-state index contributed by atoms with van der Waals surface area (Å²) in [6.45, 7) is 5.33. The van der Waals surface area contributed by atoms with Gasteiger partial charge in [-0.05, 0) is 43.2 Å². The van der Waals surface area contributed by atoms with E-state index in [0.717, 1.165) is 29.0 Å². The second-order valence-corrected chi connectivity index (χ2v) is 6.93. The number of aromatic nitrogens is 2. The second-order valence-electron chi connectivity index (χ2n) is 6.50. The van der Waals surface area contributed by atoms with Crippen molar-refractivity contribution in [3.8, 4) is 0 Å². The molecule has 0 bridgehead atoms. The van der Waals surface area contributed by atoms with E-state index in [-0.39, 0.29) is 18.5 Å². The lowest BCUT2D eigenvalue weighted by atomic mass is 10.1. The Morgan fingerprint density at radius 1 is 1.19 bits per heavy atom. The number of aryl methyl sites for hydroxylation is 1. The molecule has 0 radical (unpaired) electrons. The van der Waals surface area contributed by atoms with Gasteiger partial charge in [0.1, 0.15) is 11.5 Å². The summed E-state index contributed by atoms with van der Waals surface area (Å²) in [7, 11) is 0. The lowest BCUT2D eigenvalue weighted by molar-refractivity contribution is 0.105. The van der Waals surface area contributed by atoms with Crippen molar-refractivity contribution >= 4 is 17.2 Å². The van der Waals surface area contributed by atoms with Gasteiger partial charge in [0.2, 0.25) is 0 Å². The van der Waals surface area contributed by atoms with Gasteiger partial charge in [-0.3, -0.25) is 4.90 Å². The highest BCUT2D eigenvalue weighted by atomic mass is 35.5. The van der Waals surface area contributed by atoms with Crippen molar-refractivity contribution in [2.75, 3.05) is 6.61 Å². The van der Waals surface area contributed by atoms with Crippen LogP contribution in [0.5, 0.6) is 0 Å². The molecule has 3 aromatic rings. The Labute approximate surface area is 157 Å². The topological polar surface area (TPSA) is 40.8 Å². The molecule has 26 heavy (non-hydrogen) atoms. The van der Waals surface area contributed by atoms with Crippen molar-refractivity contribution in [1.82, 2.24) is 14.3 Å². The van der Waals surface area contributed by atoms with Crippen LogP contribution >= 0.6 is 11.6 Å². The van der Waals surface area contributed by atoms with Gasteiger partial charge in [0, 0.05) is 25.3 Å². The normalized spacial score (nSPS) is 12.8. The van der Waals surface area contributed by atoms with Gasteiger partial charge >= 0.3 is 0 Å². The molecule has 1 N–H and O–H groups in total. The first-order valence-corrected chi connectivity index (χ1v) is 9.12. The van der Waals surface area contributed by atoms with Gasteiger partial charge in [-0.2, -0.15) is 0 Å². The Balaban J connectivity index is 1.94. The molecule has 3 rings (SSSR count). The van der Waals surface area contributed by atoms with Gasteiger partial charge in [-0.15, -0.1) is 0 Å². The molecular weight excluding hydrogens is 353 g/mol. The Kier molecular flexibility index (Phi) is 5.91. The highest BCUT2D eigenvalue weighted by Crippen LogP contribution is 2.21. The van der Waals surface area contributed by atoms with Crippen LogP contribution < -0.4 is 0 Å². The Morgan fingerprint density at radius 3 is 2.58 bits per heavy atom. The maximum atomic E-state index is 13.2. The van der Waals surface area contributed by atoms with Crippen LogP contribution in [0.15, 0.2) is 42.6 Å². The van der Waals surface area contributed by atoms with E-state index in [2.05, 4.69) is 16.8 Å². The van der Waals surface area contributed by atoms with Gasteiger partial charge < -0.3 is 9.51 Å². The molecule has 2 heterocycles. The standard InChI is InChI=1S/C20H23ClFN3O/c1-3-18(13-26)24(10-15-4-7-17(22)8-5-15)12-19-14(2)23-20-9-6-16(21)11-25(19)20/h4-9,11,18,26H,3,10,12-13H2,1-2H3. The predicted octanol–water partition coefficient (Wildman–Crippen LogP) is 4.21. The van der Waals surface area contributed by atoms with E-state index in [9.17, 15) is 9.50 Å². The highest BCUT2D eigenvalue weighted by Gasteiger charge is 2.20. The highest BCUT2D eigenvalue weighted by molar-refractivity contribution is 6.30. The fourth-order valence-corrected chi connectivity index (χ4v) is 3.37. The molecule has 6 heteroatoms. The molecule has 0 saturated heterocycles. The van der Waals surface area contributed by atoms with Gasteiger partial charge in [0.15, 0.2) is 0 Å². The van der Waals surface area contributed by atoms with E-state index in [4.69, 9.17) is 11.6 Å². The van der Waals surface area contributed by atoms with E-state index in [1.807, 2.05) is 29.7 Å². The summed E-state index contributed by atoms with van der Waals surface area (Å²) in [6.07, 6.45) is 2.68. The largest absolute Gasteiger partial charge is 0.395 e. The van der Waals surface area contributed by atoms with Crippen molar-refractivity contribution in [3.05, 3.63) is 70.4 Å². The van der Waals surface area contributed by atoms with Crippen LogP contribution in [0.3, 0.4) is 0 Å². The van der Waals surface area contributed by atoms with E-state index in [1.54, 1.807) is 12.1 Å². The van der Waals surface area contributed by atoms with Crippen molar-refractivity contribution in [3.63, 3.8) is 0 Å². The number of imidazole rings is 1. The summed E-state index contributed by atoms with van der Waals surface area (Å²) >= 11 is 6.16. The first kappa shape index (κ1) is 18.8. The Bertz CT molecular complexity index is 875. The van der Waals surface area contributed by atoms with E-state index in [0.29, 0.717) is 18.1 Å². The fraction of sp³-hybridized carbons (Fsp3) is 0.350. The molecule has 0 aliphatic heterocycles. The Hall–Kier alpha value is -1.95. The average molecular weight is 376 g/mol. The van der Waals surface area contributed by atoms with Crippen molar-refractivity contribution in [2.45, 2.75) is 39.4 Å². The molecule has 0 amide bonds. The summed E-state index contributed by atoms with van der Waals surface area (Å²) in [6, 6.07) is 10.2. The number of aliphatic hydroxyl groups is 1. The van der Waals surface area contributed by atoms with Gasteiger partial charge in [0.25, 0.3) is 0 Å². The van der Waals surface area contributed by atoms with Crippen LogP contribution in [0.2, 0.25) is 5.02 Å². The maximum Gasteiger partial charge on any atom is 0.137 e. The number of nitrogens with zero attached hydrogens (tertiary/aromatic N) is 3. The first-order chi connectivity index (χ1) is 12.5. The van der Waals surface area contributed by atoms with Crippen LogP contribution in [0.1, 0.15) is 30.3 Å². The van der Waals surface area contributed by atoms with Crippen molar-refractivity contribution < 1.29 is 9.50 Å². The SMILES string of the molecule is CCC(CO)N(Cc1ccc(F)cc1)Cc1c(C)nc2ccc(Cl)cn12. The predicted molar refractivity (Wildman–Crippen MR) is 102 cm³/mol. The minimum Gasteiger partial charge on any atom is -0.395 e. The smallest absolute Gasteiger partial charge is 0.137 e. The average Bonchev–Trinajstić information content (AvgIpc) is 2.93. The monoisotopic (exact) mass is 375 g/mol. The Morgan fingerprint density at radius 2 is 1.92 bits per heavy atom. The first-order valence-electron chi connectivity index (χ1n) is 8.74. The molecule has 1 aromatic carbocycles. The molecule has 2 aromatic heterocycles. The third-order valence-electron chi connectivity index (χ3n) is 4.73. The second kappa shape index (κ2) is 8.16. The number of rotatable bonds is 7. The van der Waals surface area contributed by atoms with E-state index in [1.165, 1.54) is 12.1 Å². The van der Waals surface area contributed by atoms with Gasteiger partial charge in [0.05, 0.1) is 23.0 Å². The van der Waals surface area contributed by atoms with Crippen LogP contribution in [-0.2, 0) is 13.1 Å². The molecule has 0 spiro atoms. The third kappa shape index (κ3) is 4.06. The summed E-state index contributed by atoms with van der Waals surface area (Å²) in [5.41, 5.74) is 3.82. The van der Waals surface area contributed by atoms with Crippen molar-refractivity contribution in [2.24, 2.45) is 0 Å². The number of hydrogen-bond acceptors (Lipinski definition) is 3. The number of hydrogen-bond donors (Lipinski definition) is 1. The lowest BCUT2D eigenvalue weighted by Crippen LogP contribution is -2.37. The molecule has 0 aliphatic rings. The molecule has 138 valence electrons. The molecule has 1 unspecified atom stereocenters. The van der Waals surface area contributed by atoms with Gasteiger partial charge in [-0.25, -0.2) is 9.37 Å². The van der Waals surface area contributed by atoms with E-state index < -0.39 is 0 Å². The fourth-order valence-electron chi connectivity index (χ4n) is 3.21. The molecule has 0 saturated carbocycles. The van der Waals surface area contributed by atoms with Crippen LogP contribution in [-0.4, -0.2) is 32.0 Å². The summed E-state index contributed by atoms with van der Waals surface area (Å²) in [4.78, 5) is 6.80. The minimum atomic E-state index is -0.248. The minimum absolute atomic E-state index is 0.00388. The zero-order valence-corrected chi connectivity index (χ0v) is 15.7. The number of fused-ring (bicyclic) bond motifs is 1. The molecule has 4 nitrogen and oxygen atoms in total. The zero-order chi connectivity index (χ0) is 18.7. The van der Waals surface area contributed by atoms with E-state index >= 15 is 0 Å². The quantitative estimate of drug-likeness (QED) is 0.672. The van der Waals surface area contributed by atoms with Crippen LogP contribution in [0.4, 0.5) is 4.39 Å². The lowest BCUT2D eigenvalue weighted by Gasteiger charge is -2.30. The molecule has 0 fully saturated rings. The number of benzene rings is 1. The molecule has 1 atom stereocenters. The number of pyridine rings is 1.